The van der Waals surface area contributed by atoms with E-state index in [9.17, 15) is 0 Å². The maximum atomic E-state index is 2.52. The van der Waals surface area contributed by atoms with Gasteiger partial charge in [-0.05, 0) is 41.4 Å². The molecule has 0 bridgehead atoms. The van der Waals surface area contributed by atoms with Gasteiger partial charge in [0.25, 0.3) is 0 Å². The zero-order chi connectivity index (χ0) is 11.8. The van der Waals surface area contributed by atoms with Crippen molar-refractivity contribution in [3.63, 3.8) is 0 Å². The van der Waals surface area contributed by atoms with E-state index in [-0.39, 0.29) is 0 Å². The van der Waals surface area contributed by atoms with Gasteiger partial charge < -0.3 is 0 Å². The number of hydrogen-bond acceptors (Lipinski definition) is 0. The first kappa shape index (κ1) is 13.1. The van der Waals surface area contributed by atoms with Gasteiger partial charge in [-0.25, -0.2) is 0 Å². The Morgan fingerprint density at radius 3 is 1.93 bits per heavy atom. The molecule has 0 heteroatoms. The lowest BCUT2D eigenvalue weighted by molar-refractivity contribution is 0.112. The van der Waals surface area contributed by atoms with Gasteiger partial charge >= 0.3 is 0 Å². The van der Waals surface area contributed by atoms with Crippen molar-refractivity contribution in [3.05, 3.63) is 0 Å². The zero-order valence-electron chi connectivity index (χ0n) is 11.8. The lowest BCUT2D eigenvalue weighted by Crippen LogP contribution is -2.31. The van der Waals surface area contributed by atoms with Crippen LogP contribution in [0.5, 0.6) is 0 Å². The van der Waals surface area contributed by atoms with Crippen molar-refractivity contribution in [1.82, 2.24) is 0 Å². The molecule has 15 heavy (non-hydrogen) atoms. The molecular weight excluding hydrogens is 180 g/mol. The summed E-state index contributed by atoms with van der Waals surface area (Å²) in [4.78, 5) is 0. The van der Waals surface area contributed by atoms with E-state index >= 15 is 0 Å². The van der Waals surface area contributed by atoms with Gasteiger partial charge in [0.2, 0.25) is 0 Å². The molecule has 5 atom stereocenters. The molecule has 0 radical (unpaired) electrons. The summed E-state index contributed by atoms with van der Waals surface area (Å²) in [7, 11) is 0. The van der Waals surface area contributed by atoms with Gasteiger partial charge in [-0.1, -0.05) is 54.9 Å². The molecule has 1 fully saturated rings. The standard InChI is InChI=1S/C15H30/c1-8-11(4)14(13(6)10(2)3)15(7)9-12(15)5/h10-14H,8-9H2,1-7H3. The molecule has 90 valence electrons. The van der Waals surface area contributed by atoms with Crippen LogP contribution in [0.3, 0.4) is 0 Å². The van der Waals surface area contributed by atoms with Crippen molar-refractivity contribution in [2.24, 2.45) is 35.0 Å². The van der Waals surface area contributed by atoms with Crippen molar-refractivity contribution < 1.29 is 0 Å². The molecule has 0 amide bonds. The largest absolute Gasteiger partial charge is 0.0651 e. The summed E-state index contributed by atoms with van der Waals surface area (Å²) < 4.78 is 0. The Bertz CT molecular complexity index is 206. The average molecular weight is 210 g/mol. The zero-order valence-corrected chi connectivity index (χ0v) is 11.8. The van der Waals surface area contributed by atoms with Crippen molar-refractivity contribution in [2.45, 2.75) is 61.3 Å². The summed E-state index contributed by atoms with van der Waals surface area (Å²) in [6.45, 7) is 17.0. The van der Waals surface area contributed by atoms with E-state index in [1.54, 1.807) is 0 Å². The van der Waals surface area contributed by atoms with Gasteiger partial charge in [0.05, 0.1) is 0 Å². The fourth-order valence-corrected chi connectivity index (χ4v) is 3.50. The van der Waals surface area contributed by atoms with Crippen molar-refractivity contribution in [1.29, 1.82) is 0 Å². The topological polar surface area (TPSA) is 0 Å². The predicted molar refractivity (Wildman–Crippen MR) is 68.8 cm³/mol. The highest BCUT2D eigenvalue weighted by molar-refractivity contribution is 5.03. The minimum Gasteiger partial charge on any atom is -0.0651 e. The molecule has 0 nitrogen and oxygen atoms in total. The van der Waals surface area contributed by atoms with Gasteiger partial charge in [-0.2, -0.15) is 0 Å². The Kier molecular flexibility index (Phi) is 3.90. The smallest absolute Gasteiger partial charge is 0.0264 e. The lowest BCUT2D eigenvalue weighted by atomic mass is 9.68. The number of hydrogen-bond donors (Lipinski definition) is 0. The fraction of sp³-hybridized carbons (Fsp3) is 1.00. The van der Waals surface area contributed by atoms with Crippen LogP contribution in [-0.4, -0.2) is 0 Å². The molecule has 0 aromatic rings. The second-order valence-electron chi connectivity index (χ2n) is 6.63. The maximum Gasteiger partial charge on any atom is -0.0264 e. The van der Waals surface area contributed by atoms with Crippen LogP contribution < -0.4 is 0 Å². The highest BCUT2D eigenvalue weighted by atomic mass is 14.6. The summed E-state index contributed by atoms with van der Waals surface area (Å²) in [5, 5.41) is 0. The van der Waals surface area contributed by atoms with E-state index in [1.807, 2.05) is 0 Å². The maximum absolute atomic E-state index is 2.52. The summed E-state index contributed by atoms with van der Waals surface area (Å²) in [6.07, 6.45) is 2.79. The molecule has 1 aliphatic rings. The molecule has 0 heterocycles. The van der Waals surface area contributed by atoms with Gasteiger partial charge in [0, 0.05) is 0 Å². The Morgan fingerprint density at radius 1 is 1.20 bits per heavy atom. The van der Waals surface area contributed by atoms with Crippen molar-refractivity contribution in [2.75, 3.05) is 0 Å². The van der Waals surface area contributed by atoms with Gasteiger partial charge in [-0.15, -0.1) is 0 Å². The molecule has 1 saturated carbocycles. The second kappa shape index (κ2) is 4.47. The minimum absolute atomic E-state index is 0.652. The van der Waals surface area contributed by atoms with E-state index in [0.29, 0.717) is 5.41 Å². The first-order valence-electron chi connectivity index (χ1n) is 6.84. The van der Waals surface area contributed by atoms with Crippen LogP contribution in [0.4, 0.5) is 0 Å². The average Bonchev–Trinajstić information content (AvgIpc) is 2.74. The van der Waals surface area contributed by atoms with E-state index in [1.165, 1.54) is 12.8 Å². The van der Waals surface area contributed by atoms with E-state index in [4.69, 9.17) is 0 Å². The highest BCUT2D eigenvalue weighted by Crippen LogP contribution is 2.62. The van der Waals surface area contributed by atoms with Gasteiger partial charge in [0.1, 0.15) is 0 Å². The second-order valence-corrected chi connectivity index (χ2v) is 6.63. The molecule has 0 aromatic heterocycles. The third kappa shape index (κ3) is 2.40. The first-order chi connectivity index (χ1) is 6.84. The van der Waals surface area contributed by atoms with Crippen molar-refractivity contribution >= 4 is 0 Å². The molecule has 0 aromatic carbocycles. The normalized spacial score (nSPS) is 36.4. The lowest BCUT2D eigenvalue weighted by Gasteiger charge is -2.37. The van der Waals surface area contributed by atoms with E-state index in [2.05, 4.69) is 48.5 Å². The molecule has 5 unspecified atom stereocenters. The van der Waals surface area contributed by atoms with Gasteiger partial charge in [0.15, 0.2) is 0 Å². The first-order valence-corrected chi connectivity index (χ1v) is 6.84. The third-order valence-corrected chi connectivity index (χ3v) is 5.35. The third-order valence-electron chi connectivity index (χ3n) is 5.35. The van der Waals surface area contributed by atoms with Crippen LogP contribution >= 0.6 is 0 Å². The quantitative estimate of drug-likeness (QED) is 0.600. The molecular formula is C15H30. The molecule has 0 saturated heterocycles. The predicted octanol–water partition coefficient (Wildman–Crippen LogP) is 4.99. The highest BCUT2D eigenvalue weighted by Gasteiger charge is 2.54. The van der Waals surface area contributed by atoms with Crippen LogP contribution in [0.2, 0.25) is 0 Å². The number of rotatable bonds is 5. The SMILES string of the molecule is CCC(C)C(C(C)C(C)C)C1(C)CC1C. The van der Waals surface area contributed by atoms with E-state index in [0.717, 1.165) is 29.6 Å². The van der Waals surface area contributed by atoms with Crippen molar-refractivity contribution in [3.8, 4) is 0 Å². The van der Waals surface area contributed by atoms with E-state index < -0.39 is 0 Å². The van der Waals surface area contributed by atoms with Gasteiger partial charge in [-0.3, -0.25) is 0 Å². The molecule has 1 aliphatic carbocycles. The van der Waals surface area contributed by atoms with Crippen LogP contribution in [0.1, 0.15) is 61.3 Å². The molecule has 0 aliphatic heterocycles. The minimum atomic E-state index is 0.652. The molecule has 0 spiro atoms. The Balaban J connectivity index is 2.79. The summed E-state index contributed by atoms with van der Waals surface area (Å²) >= 11 is 0. The molecule has 1 rings (SSSR count). The summed E-state index contributed by atoms with van der Waals surface area (Å²) in [5.41, 5.74) is 0.652. The molecule has 0 N–H and O–H groups in total. The Labute approximate surface area is 96.8 Å². The van der Waals surface area contributed by atoms with Crippen LogP contribution in [-0.2, 0) is 0 Å². The Hall–Kier alpha value is 0. The van der Waals surface area contributed by atoms with Crippen LogP contribution in [0.25, 0.3) is 0 Å². The summed E-state index contributed by atoms with van der Waals surface area (Å²) in [6, 6.07) is 0. The Morgan fingerprint density at radius 2 is 1.67 bits per heavy atom. The summed E-state index contributed by atoms with van der Waals surface area (Å²) in [5.74, 6) is 4.47. The fourth-order valence-electron chi connectivity index (χ4n) is 3.50. The monoisotopic (exact) mass is 210 g/mol. The van der Waals surface area contributed by atoms with Crippen LogP contribution in [0, 0.1) is 35.0 Å². The van der Waals surface area contributed by atoms with Crippen LogP contribution in [0.15, 0.2) is 0 Å².